The molecule has 1 aromatic rings. The van der Waals surface area contributed by atoms with Gasteiger partial charge in [0.1, 0.15) is 0 Å². The fourth-order valence-electron chi connectivity index (χ4n) is 3.80. The highest BCUT2D eigenvalue weighted by molar-refractivity contribution is 6.30. The molecule has 0 heterocycles. The van der Waals surface area contributed by atoms with Gasteiger partial charge in [-0.15, -0.1) is 0 Å². The molecule has 2 aliphatic rings. The number of carboxylic acid groups (broad SMARTS) is 1. The van der Waals surface area contributed by atoms with Crippen LogP contribution in [0.4, 0.5) is 5.69 Å². The van der Waals surface area contributed by atoms with E-state index in [0.717, 1.165) is 11.1 Å². The summed E-state index contributed by atoms with van der Waals surface area (Å²) in [6, 6.07) is 6.80. The van der Waals surface area contributed by atoms with Crippen LogP contribution in [0.25, 0.3) is 0 Å². The Morgan fingerprint density at radius 2 is 1.61 bits per heavy atom. The third-order valence-electron chi connectivity index (χ3n) is 4.68. The van der Waals surface area contributed by atoms with E-state index in [9.17, 15) is 14.7 Å². The van der Waals surface area contributed by atoms with E-state index in [0.29, 0.717) is 10.7 Å². The van der Waals surface area contributed by atoms with Crippen molar-refractivity contribution in [1.82, 2.24) is 0 Å². The van der Waals surface area contributed by atoms with Crippen molar-refractivity contribution in [3.05, 3.63) is 52.6 Å². The first kappa shape index (κ1) is 15.8. The fourth-order valence-corrected chi connectivity index (χ4v) is 3.93. The van der Waals surface area contributed by atoms with Crippen LogP contribution in [0.1, 0.15) is 13.8 Å². The van der Waals surface area contributed by atoms with E-state index in [1.54, 1.807) is 24.3 Å². The lowest BCUT2D eigenvalue weighted by Crippen LogP contribution is -2.36. The first-order chi connectivity index (χ1) is 10.9. The molecule has 0 spiro atoms. The molecule has 0 saturated heterocycles. The van der Waals surface area contributed by atoms with Gasteiger partial charge in [-0.25, -0.2) is 0 Å². The van der Waals surface area contributed by atoms with E-state index in [1.807, 2.05) is 26.0 Å². The monoisotopic (exact) mass is 331 g/mol. The smallest absolute Gasteiger partial charge is 0.308 e. The summed E-state index contributed by atoms with van der Waals surface area (Å²) in [6.07, 6.45) is 3.90. The maximum absolute atomic E-state index is 12.7. The number of rotatable bonds is 3. The summed E-state index contributed by atoms with van der Waals surface area (Å²) < 4.78 is 0. The Bertz CT molecular complexity index is 716. The van der Waals surface area contributed by atoms with Gasteiger partial charge in [-0.05, 0) is 38.1 Å². The molecular weight excluding hydrogens is 314 g/mol. The van der Waals surface area contributed by atoms with Gasteiger partial charge in [-0.2, -0.15) is 0 Å². The molecule has 0 radical (unpaired) electrons. The molecule has 0 aliphatic heterocycles. The molecule has 1 saturated carbocycles. The molecule has 4 atom stereocenters. The summed E-state index contributed by atoms with van der Waals surface area (Å²) in [7, 11) is 0. The molecule has 3 rings (SSSR count). The highest BCUT2D eigenvalue weighted by Gasteiger charge is 2.54. The standard InChI is InChI=1S/C18H18ClNO3/c1-9(2)14-12-7-8-13(14)16(18(22)23)15(12)17(21)20-11-5-3-10(19)4-6-11/h3-8,12-13,15-16H,1-2H3,(H,20,21)(H,22,23). The number of nitrogens with one attached hydrogen (secondary N) is 1. The second kappa shape index (κ2) is 5.85. The Morgan fingerprint density at radius 3 is 2.13 bits per heavy atom. The molecule has 23 heavy (non-hydrogen) atoms. The van der Waals surface area contributed by atoms with Gasteiger partial charge in [-0.3, -0.25) is 9.59 Å². The minimum atomic E-state index is -0.920. The number of amides is 1. The van der Waals surface area contributed by atoms with Crippen molar-refractivity contribution in [2.24, 2.45) is 23.7 Å². The summed E-state index contributed by atoms with van der Waals surface area (Å²) >= 11 is 5.84. The number of fused-ring (bicyclic) bond motifs is 2. The number of carbonyl (C=O) groups is 2. The molecule has 5 heteroatoms. The van der Waals surface area contributed by atoms with Crippen LogP contribution in [0, 0.1) is 23.7 Å². The van der Waals surface area contributed by atoms with Gasteiger partial charge in [-0.1, -0.05) is 34.9 Å². The largest absolute Gasteiger partial charge is 0.481 e. The zero-order valence-corrected chi connectivity index (χ0v) is 13.7. The van der Waals surface area contributed by atoms with Crippen molar-refractivity contribution in [1.29, 1.82) is 0 Å². The second-order valence-corrected chi connectivity index (χ2v) is 6.71. The number of aliphatic carboxylic acids is 1. The van der Waals surface area contributed by atoms with Crippen molar-refractivity contribution >= 4 is 29.2 Å². The number of benzene rings is 1. The Labute approximate surface area is 139 Å². The van der Waals surface area contributed by atoms with Crippen LogP contribution in [0.3, 0.4) is 0 Å². The van der Waals surface area contributed by atoms with Crippen molar-refractivity contribution in [3.8, 4) is 0 Å². The molecule has 4 nitrogen and oxygen atoms in total. The van der Waals surface area contributed by atoms with E-state index < -0.39 is 17.8 Å². The van der Waals surface area contributed by atoms with Gasteiger partial charge < -0.3 is 10.4 Å². The highest BCUT2D eigenvalue weighted by atomic mass is 35.5. The number of halogens is 1. The molecule has 1 aromatic carbocycles. The third-order valence-corrected chi connectivity index (χ3v) is 4.93. The maximum atomic E-state index is 12.7. The van der Waals surface area contributed by atoms with Crippen LogP contribution >= 0.6 is 11.6 Å². The van der Waals surface area contributed by atoms with Gasteiger partial charge >= 0.3 is 5.97 Å². The summed E-state index contributed by atoms with van der Waals surface area (Å²) in [4.78, 5) is 24.4. The predicted molar refractivity (Wildman–Crippen MR) is 89.2 cm³/mol. The maximum Gasteiger partial charge on any atom is 0.308 e. The minimum Gasteiger partial charge on any atom is -0.481 e. The second-order valence-electron chi connectivity index (χ2n) is 6.28. The van der Waals surface area contributed by atoms with Gasteiger partial charge in [0.2, 0.25) is 5.91 Å². The van der Waals surface area contributed by atoms with E-state index >= 15 is 0 Å². The van der Waals surface area contributed by atoms with Gasteiger partial charge in [0.15, 0.2) is 0 Å². The lowest BCUT2D eigenvalue weighted by molar-refractivity contribution is -0.146. The Balaban J connectivity index is 1.89. The lowest BCUT2D eigenvalue weighted by Gasteiger charge is -2.23. The van der Waals surface area contributed by atoms with E-state index in [-0.39, 0.29) is 17.7 Å². The molecular formula is C18H18ClNO3. The normalized spacial score (nSPS) is 28.0. The number of hydrogen-bond donors (Lipinski definition) is 2. The summed E-state index contributed by atoms with van der Waals surface area (Å²) in [5.74, 6) is -2.76. The molecule has 120 valence electrons. The quantitative estimate of drug-likeness (QED) is 0.829. The van der Waals surface area contributed by atoms with Crippen LogP contribution < -0.4 is 5.32 Å². The van der Waals surface area contributed by atoms with Crippen LogP contribution in [-0.2, 0) is 9.59 Å². The van der Waals surface area contributed by atoms with E-state index in [2.05, 4.69) is 5.32 Å². The third kappa shape index (κ3) is 2.68. The van der Waals surface area contributed by atoms with E-state index in [4.69, 9.17) is 11.6 Å². The van der Waals surface area contributed by atoms with Crippen molar-refractivity contribution < 1.29 is 14.7 Å². The number of carbonyl (C=O) groups excluding carboxylic acids is 1. The van der Waals surface area contributed by atoms with Gasteiger partial charge in [0, 0.05) is 22.5 Å². The van der Waals surface area contributed by atoms with E-state index in [1.165, 1.54) is 0 Å². The Hall–Kier alpha value is -2.07. The highest BCUT2D eigenvalue weighted by Crippen LogP contribution is 2.53. The lowest BCUT2D eigenvalue weighted by atomic mass is 9.82. The average molecular weight is 332 g/mol. The number of hydrogen-bond acceptors (Lipinski definition) is 2. The van der Waals surface area contributed by atoms with Crippen LogP contribution in [0.2, 0.25) is 5.02 Å². The van der Waals surface area contributed by atoms with Crippen molar-refractivity contribution in [2.75, 3.05) is 5.32 Å². The first-order valence-corrected chi connectivity index (χ1v) is 7.92. The predicted octanol–water partition coefficient (Wildman–Crippen LogP) is 3.75. The number of carboxylic acids is 1. The van der Waals surface area contributed by atoms with Gasteiger partial charge in [0.05, 0.1) is 11.8 Å². The van der Waals surface area contributed by atoms with Crippen molar-refractivity contribution in [2.45, 2.75) is 13.8 Å². The molecule has 1 fully saturated rings. The molecule has 0 aromatic heterocycles. The summed E-state index contributed by atoms with van der Waals surface area (Å²) in [6.45, 7) is 3.95. The Morgan fingerprint density at radius 1 is 1.04 bits per heavy atom. The summed E-state index contributed by atoms with van der Waals surface area (Å²) in [5.41, 5.74) is 2.79. The zero-order chi connectivity index (χ0) is 16.7. The first-order valence-electron chi connectivity index (χ1n) is 7.55. The molecule has 2 aliphatic carbocycles. The van der Waals surface area contributed by atoms with Crippen LogP contribution in [0.15, 0.2) is 47.6 Å². The van der Waals surface area contributed by atoms with Crippen molar-refractivity contribution in [3.63, 3.8) is 0 Å². The number of allylic oxidation sites excluding steroid dienone is 4. The SMILES string of the molecule is CC(C)=C1C2C=CC1C(C(=O)Nc1ccc(Cl)cc1)C2C(=O)O. The number of anilines is 1. The Kier molecular flexibility index (Phi) is 4.02. The zero-order valence-electron chi connectivity index (χ0n) is 12.9. The molecule has 2 N–H and O–H groups in total. The van der Waals surface area contributed by atoms with Crippen LogP contribution in [0.5, 0.6) is 0 Å². The fraction of sp³-hybridized carbons (Fsp3) is 0.333. The van der Waals surface area contributed by atoms with Gasteiger partial charge in [0.25, 0.3) is 0 Å². The average Bonchev–Trinajstić information content (AvgIpc) is 3.05. The molecule has 1 amide bonds. The minimum absolute atomic E-state index is 0.126. The summed E-state index contributed by atoms with van der Waals surface area (Å²) in [5, 5.41) is 13.0. The molecule has 4 unspecified atom stereocenters. The van der Waals surface area contributed by atoms with Crippen LogP contribution in [-0.4, -0.2) is 17.0 Å². The molecule has 2 bridgehead atoms. The topological polar surface area (TPSA) is 66.4 Å².